The van der Waals surface area contributed by atoms with Crippen LogP contribution in [0.15, 0.2) is 18.2 Å². The van der Waals surface area contributed by atoms with Crippen LogP contribution in [0.25, 0.3) is 0 Å². The van der Waals surface area contributed by atoms with Gasteiger partial charge in [0, 0.05) is 23.0 Å². The summed E-state index contributed by atoms with van der Waals surface area (Å²) in [7, 11) is 1.90. The molecule has 0 spiro atoms. The molecule has 0 fully saturated rings. The van der Waals surface area contributed by atoms with Crippen molar-refractivity contribution in [2.45, 2.75) is 18.6 Å². The number of aliphatic hydroxyl groups excluding tert-OH is 1. The highest BCUT2D eigenvalue weighted by Gasteiger charge is 2.26. The van der Waals surface area contributed by atoms with Gasteiger partial charge in [0.05, 0.1) is 6.61 Å². The summed E-state index contributed by atoms with van der Waals surface area (Å²) in [6.45, 7) is 0.0419. The van der Waals surface area contributed by atoms with E-state index in [1.165, 1.54) is 0 Å². The topological polar surface area (TPSA) is 41.5 Å². The number of hydrogen-bond donors (Lipinski definition) is 2. The minimum atomic E-state index is -0.129. The molecular formula is C11H14ClNO2. The van der Waals surface area contributed by atoms with Gasteiger partial charge < -0.3 is 15.2 Å². The van der Waals surface area contributed by atoms with Gasteiger partial charge in [-0.3, -0.25) is 0 Å². The Bertz CT molecular complexity index is 356. The smallest absolute Gasteiger partial charge is 0.124 e. The van der Waals surface area contributed by atoms with Crippen molar-refractivity contribution < 1.29 is 9.84 Å². The molecule has 1 aromatic rings. The van der Waals surface area contributed by atoms with Crippen LogP contribution in [0.2, 0.25) is 5.02 Å². The maximum absolute atomic E-state index is 9.11. The second-order valence-corrected chi connectivity index (χ2v) is 4.12. The van der Waals surface area contributed by atoms with Crippen LogP contribution in [0.3, 0.4) is 0 Å². The SMILES string of the molecule is CNC1CC(CO)Oc2ccc(Cl)cc21. The van der Waals surface area contributed by atoms with E-state index in [0.29, 0.717) is 5.02 Å². The maximum Gasteiger partial charge on any atom is 0.124 e. The van der Waals surface area contributed by atoms with Crippen LogP contribution in [0, 0.1) is 0 Å². The summed E-state index contributed by atoms with van der Waals surface area (Å²) in [5, 5.41) is 13.0. The molecular weight excluding hydrogens is 214 g/mol. The molecule has 0 saturated carbocycles. The van der Waals surface area contributed by atoms with E-state index < -0.39 is 0 Å². The van der Waals surface area contributed by atoms with E-state index in [1.54, 1.807) is 6.07 Å². The second-order valence-electron chi connectivity index (χ2n) is 3.68. The third-order valence-corrected chi connectivity index (χ3v) is 2.93. The third kappa shape index (κ3) is 2.09. The number of ether oxygens (including phenoxy) is 1. The van der Waals surface area contributed by atoms with Crippen molar-refractivity contribution in [3.05, 3.63) is 28.8 Å². The monoisotopic (exact) mass is 227 g/mol. The van der Waals surface area contributed by atoms with Gasteiger partial charge in [-0.25, -0.2) is 0 Å². The largest absolute Gasteiger partial charge is 0.488 e. The van der Waals surface area contributed by atoms with Gasteiger partial charge in [-0.15, -0.1) is 0 Å². The Labute approximate surface area is 94.0 Å². The Balaban J connectivity index is 2.35. The molecule has 82 valence electrons. The van der Waals surface area contributed by atoms with Crippen LogP contribution in [-0.2, 0) is 0 Å². The molecule has 2 N–H and O–H groups in total. The Hall–Kier alpha value is -0.770. The van der Waals surface area contributed by atoms with Crippen molar-refractivity contribution in [2.75, 3.05) is 13.7 Å². The fraction of sp³-hybridized carbons (Fsp3) is 0.455. The van der Waals surface area contributed by atoms with Crippen LogP contribution < -0.4 is 10.1 Å². The number of rotatable bonds is 2. The zero-order chi connectivity index (χ0) is 10.8. The lowest BCUT2D eigenvalue weighted by Crippen LogP contribution is -2.33. The summed E-state index contributed by atoms with van der Waals surface area (Å²) in [6, 6.07) is 5.76. The van der Waals surface area contributed by atoms with Gasteiger partial charge in [-0.1, -0.05) is 11.6 Å². The normalized spacial score (nSPS) is 24.5. The van der Waals surface area contributed by atoms with Crippen LogP contribution in [0.1, 0.15) is 18.0 Å². The van der Waals surface area contributed by atoms with E-state index in [9.17, 15) is 0 Å². The molecule has 1 aliphatic rings. The molecule has 0 aromatic heterocycles. The Morgan fingerprint density at radius 3 is 3.07 bits per heavy atom. The zero-order valence-corrected chi connectivity index (χ0v) is 9.29. The summed E-state index contributed by atoms with van der Waals surface area (Å²) in [5.41, 5.74) is 1.06. The molecule has 0 amide bonds. The number of aliphatic hydroxyl groups is 1. The molecule has 1 heterocycles. The second kappa shape index (κ2) is 4.39. The predicted molar refractivity (Wildman–Crippen MR) is 59.4 cm³/mol. The Morgan fingerprint density at radius 1 is 1.60 bits per heavy atom. The van der Waals surface area contributed by atoms with E-state index in [2.05, 4.69) is 5.32 Å². The van der Waals surface area contributed by atoms with Crippen molar-refractivity contribution in [2.24, 2.45) is 0 Å². The van der Waals surface area contributed by atoms with E-state index in [0.717, 1.165) is 17.7 Å². The fourth-order valence-electron chi connectivity index (χ4n) is 1.90. The lowest BCUT2D eigenvalue weighted by molar-refractivity contribution is 0.0846. The van der Waals surface area contributed by atoms with Gasteiger partial charge >= 0.3 is 0 Å². The summed E-state index contributed by atoms with van der Waals surface area (Å²) in [5.74, 6) is 0.809. The molecule has 4 heteroatoms. The summed E-state index contributed by atoms with van der Waals surface area (Å²) in [6.07, 6.45) is 0.636. The lowest BCUT2D eigenvalue weighted by atomic mass is 9.97. The first-order valence-corrected chi connectivity index (χ1v) is 5.36. The average Bonchev–Trinajstić information content (AvgIpc) is 2.27. The third-order valence-electron chi connectivity index (χ3n) is 2.69. The van der Waals surface area contributed by atoms with Gasteiger partial charge in [0.25, 0.3) is 0 Å². The van der Waals surface area contributed by atoms with Crippen molar-refractivity contribution in [1.29, 1.82) is 0 Å². The molecule has 0 bridgehead atoms. The van der Waals surface area contributed by atoms with Gasteiger partial charge in [-0.05, 0) is 25.2 Å². The molecule has 2 unspecified atom stereocenters. The van der Waals surface area contributed by atoms with Gasteiger partial charge in [0.1, 0.15) is 11.9 Å². The zero-order valence-electron chi connectivity index (χ0n) is 8.53. The first-order valence-electron chi connectivity index (χ1n) is 4.99. The number of nitrogens with one attached hydrogen (secondary N) is 1. The highest BCUT2D eigenvalue weighted by Crippen LogP contribution is 2.36. The fourth-order valence-corrected chi connectivity index (χ4v) is 2.08. The highest BCUT2D eigenvalue weighted by atomic mass is 35.5. The lowest BCUT2D eigenvalue weighted by Gasteiger charge is -2.31. The molecule has 1 aromatic carbocycles. The Morgan fingerprint density at radius 2 is 2.40 bits per heavy atom. The van der Waals surface area contributed by atoms with Crippen molar-refractivity contribution >= 4 is 11.6 Å². The minimum Gasteiger partial charge on any atom is -0.488 e. The molecule has 1 aliphatic heterocycles. The number of fused-ring (bicyclic) bond motifs is 1. The Kier molecular flexibility index (Phi) is 3.14. The summed E-state index contributed by atoms with van der Waals surface area (Å²) >= 11 is 5.94. The van der Waals surface area contributed by atoms with Crippen LogP contribution in [-0.4, -0.2) is 24.9 Å². The van der Waals surface area contributed by atoms with E-state index in [1.807, 2.05) is 19.2 Å². The molecule has 15 heavy (non-hydrogen) atoms. The highest BCUT2D eigenvalue weighted by molar-refractivity contribution is 6.30. The summed E-state index contributed by atoms with van der Waals surface area (Å²) in [4.78, 5) is 0. The van der Waals surface area contributed by atoms with Crippen molar-refractivity contribution in [3.63, 3.8) is 0 Å². The molecule has 2 atom stereocenters. The molecule has 2 rings (SSSR count). The van der Waals surface area contributed by atoms with Crippen molar-refractivity contribution in [3.8, 4) is 5.75 Å². The molecule has 3 nitrogen and oxygen atoms in total. The van der Waals surface area contributed by atoms with E-state index in [4.69, 9.17) is 21.4 Å². The minimum absolute atomic E-state index is 0.0419. The maximum atomic E-state index is 9.11. The van der Waals surface area contributed by atoms with Gasteiger partial charge in [0.15, 0.2) is 0 Å². The molecule has 0 saturated heterocycles. The number of benzene rings is 1. The van der Waals surface area contributed by atoms with Crippen LogP contribution in [0.4, 0.5) is 0 Å². The standard InChI is InChI=1S/C11H14ClNO2/c1-13-10-5-8(6-14)15-11-3-2-7(12)4-9(10)11/h2-4,8,10,13-14H,5-6H2,1H3. The first-order chi connectivity index (χ1) is 7.24. The number of hydrogen-bond acceptors (Lipinski definition) is 3. The van der Waals surface area contributed by atoms with Gasteiger partial charge in [-0.2, -0.15) is 0 Å². The quantitative estimate of drug-likeness (QED) is 0.809. The average molecular weight is 228 g/mol. The first kappa shape index (κ1) is 10.7. The molecule has 0 radical (unpaired) electrons. The van der Waals surface area contributed by atoms with Crippen molar-refractivity contribution in [1.82, 2.24) is 5.32 Å². The molecule has 0 aliphatic carbocycles. The van der Waals surface area contributed by atoms with E-state index in [-0.39, 0.29) is 18.8 Å². The number of halogens is 1. The van der Waals surface area contributed by atoms with E-state index >= 15 is 0 Å². The van der Waals surface area contributed by atoms with Crippen LogP contribution >= 0.6 is 11.6 Å². The van der Waals surface area contributed by atoms with Crippen LogP contribution in [0.5, 0.6) is 5.75 Å². The predicted octanol–water partition coefficient (Wildman–Crippen LogP) is 1.74. The summed E-state index contributed by atoms with van der Waals surface area (Å²) < 4.78 is 5.62. The van der Waals surface area contributed by atoms with Gasteiger partial charge in [0.2, 0.25) is 0 Å².